The van der Waals surface area contributed by atoms with Gasteiger partial charge in [0.2, 0.25) is 10.0 Å². The van der Waals surface area contributed by atoms with Crippen LogP contribution in [-0.4, -0.2) is 19.8 Å². The predicted molar refractivity (Wildman–Crippen MR) is 75.5 cm³/mol. The van der Waals surface area contributed by atoms with Crippen LogP contribution in [0.5, 0.6) is 0 Å². The van der Waals surface area contributed by atoms with Crippen molar-refractivity contribution in [3.05, 3.63) is 47.4 Å². The number of benzene rings is 1. The Hall–Kier alpha value is -1.13. The molecular weight excluding hydrogens is 246 g/mol. The summed E-state index contributed by atoms with van der Waals surface area (Å²) in [5.74, 6) is 0. The standard InChI is InChI=1S/C14H21NO2S/c1-3-4-5-9-12-18(16,17)15(2)13-14-10-7-6-8-11-14/h6-12H,3-5,13H2,1-2H3/b12-9+. The first kappa shape index (κ1) is 14.9. The van der Waals surface area contributed by atoms with Crippen LogP contribution in [0.3, 0.4) is 0 Å². The first-order chi connectivity index (χ1) is 8.56. The van der Waals surface area contributed by atoms with Gasteiger partial charge in [-0.3, -0.25) is 0 Å². The third-order valence-electron chi connectivity index (χ3n) is 2.68. The number of rotatable bonds is 7. The maximum Gasteiger partial charge on any atom is 0.235 e. The summed E-state index contributed by atoms with van der Waals surface area (Å²) in [5.41, 5.74) is 0.991. The van der Waals surface area contributed by atoms with Gasteiger partial charge in [0.25, 0.3) is 0 Å². The van der Waals surface area contributed by atoms with Crippen LogP contribution in [0.15, 0.2) is 41.8 Å². The van der Waals surface area contributed by atoms with Gasteiger partial charge >= 0.3 is 0 Å². The van der Waals surface area contributed by atoms with Crippen molar-refractivity contribution in [2.24, 2.45) is 0 Å². The molecule has 0 aliphatic carbocycles. The summed E-state index contributed by atoms with van der Waals surface area (Å²) in [6.45, 7) is 2.49. The van der Waals surface area contributed by atoms with E-state index in [0.717, 1.165) is 24.8 Å². The second kappa shape index (κ2) is 7.34. The van der Waals surface area contributed by atoms with Crippen molar-refractivity contribution in [3.63, 3.8) is 0 Å². The zero-order valence-electron chi connectivity index (χ0n) is 11.0. The van der Waals surface area contributed by atoms with Crippen molar-refractivity contribution in [1.82, 2.24) is 4.31 Å². The number of allylic oxidation sites excluding steroid dienone is 1. The molecule has 0 N–H and O–H groups in total. The molecule has 1 aromatic rings. The van der Waals surface area contributed by atoms with E-state index in [-0.39, 0.29) is 0 Å². The first-order valence-corrected chi connectivity index (χ1v) is 7.73. The average molecular weight is 267 g/mol. The van der Waals surface area contributed by atoms with Crippen molar-refractivity contribution in [3.8, 4) is 0 Å². The van der Waals surface area contributed by atoms with Crippen molar-refractivity contribution in [2.75, 3.05) is 7.05 Å². The molecule has 0 amide bonds. The Morgan fingerprint density at radius 2 is 1.89 bits per heavy atom. The van der Waals surface area contributed by atoms with E-state index in [1.165, 1.54) is 9.71 Å². The lowest BCUT2D eigenvalue weighted by molar-refractivity contribution is 0.475. The normalized spacial score (nSPS) is 12.4. The molecular formula is C14H21NO2S. The molecule has 3 nitrogen and oxygen atoms in total. The second-order valence-electron chi connectivity index (χ2n) is 4.30. The van der Waals surface area contributed by atoms with Crippen LogP contribution in [0.1, 0.15) is 31.7 Å². The lowest BCUT2D eigenvalue weighted by Gasteiger charge is -2.14. The molecule has 0 aliphatic rings. The van der Waals surface area contributed by atoms with Gasteiger partial charge in [-0.25, -0.2) is 8.42 Å². The fraction of sp³-hybridized carbons (Fsp3) is 0.429. The molecule has 0 unspecified atom stereocenters. The van der Waals surface area contributed by atoms with E-state index in [1.807, 2.05) is 30.3 Å². The molecule has 0 aliphatic heterocycles. The molecule has 0 heterocycles. The van der Waals surface area contributed by atoms with Crippen LogP contribution in [-0.2, 0) is 16.6 Å². The maximum atomic E-state index is 11.9. The lowest BCUT2D eigenvalue weighted by atomic mass is 10.2. The largest absolute Gasteiger partial charge is 0.235 e. The molecule has 0 spiro atoms. The Balaban J connectivity index is 2.59. The van der Waals surface area contributed by atoms with Crippen LogP contribution >= 0.6 is 0 Å². The molecule has 1 aromatic carbocycles. The predicted octanol–water partition coefficient (Wildman–Crippen LogP) is 3.15. The summed E-state index contributed by atoms with van der Waals surface area (Å²) in [4.78, 5) is 0. The minimum Gasteiger partial charge on any atom is -0.208 e. The maximum absolute atomic E-state index is 11.9. The minimum atomic E-state index is -3.29. The summed E-state index contributed by atoms with van der Waals surface area (Å²) in [7, 11) is -1.68. The van der Waals surface area contributed by atoms with Crippen molar-refractivity contribution < 1.29 is 8.42 Å². The number of sulfonamides is 1. The Labute approximate surface area is 110 Å². The van der Waals surface area contributed by atoms with Gasteiger partial charge in [-0.2, -0.15) is 4.31 Å². The van der Waals surface area contributed by atoms with Gasteiger partial charge in [-0.1, -0.05) is 56.2 Å². The first-order valence-electron chi connectivity index (χ1n) is 6.23. The molecule has 0 aromatic heterocycles. The number of hydrogen-bond acceptors (Lipinski definition) is 2. The minimum absolute atomic E-state index is 0.404. The highest BCUT2D eigenvalue weighted by molar-refractivity contribution is 7.91. The number of unbranched alkanes of at least 4 members (excludes halogenated alkanes) is 2. The highest BCUT2D eigenvalue weighted by atomic mass is 32.2. The Morgan fingerprint density at radius 3 is 2.50 bits per heavy atom. The summed E-state index contributed by atoms with van der Waals surface area (Å²) < 4.78 is 25.2. The Kier molecular flexibility index (Phi) is 6.09. The topological polar surface area (TPSA) is 37.4 Å². The molecule has 0 fully saturated rings. The molecule has 0 bridgehead atoms. The molecule has 0 saturated heterocycles. The Morgan fingerprint density at radius 1 is 1.22 bits per heavy atom. The Bertz CT molecular complexity index is 466. The summed E-state index contributed by atoms with van der Waals surface area (Å²) in [5, 5.41) is 1.31. The van der Waals surface area contributed by atoms with Gasteiger partial charge in [-0.05, 0) is 12.0 Å². The third kappa shape index (κ3) is 5.02. The average Bonchev–Trinajstić information content (AvgIpc) is 2.36. The summed E-state index contributed by atoms with van der Waals surface area (Å²) in [6.07, 6.45) is 4.65. The summed E-state index contributed by atoms with van der Waals surface area (Å²) >= 11 is 0. The zero-order valence-corrected chi connectivity index (χ0v) is 11.9. The van der Waals surface area contributed by atoms with Gasteiger partial charge < -0.3 is 0 Å². The smallest absolute Gasteiger partial charge is 0.208 e. The van der Waals surface area contributed by atoms with Gasteiger partial charge in [-0.15, -0.1) is 0 Å². The van der Waals surface area contributed by atoms with Crippen LogP contribution in [0.25, 0.3) is 0 Å². The van der Waals surface area contributed by atoms with Gasteiger partial charge in [0, 0.05) is 19.0 Å². The van der Waals surface area contributed by atoms with Crippen molar-refractivity contribution >= 4 is 10.0 Å². The molecule has 100 valence electrons. The van der Waals surface area contributed by atoms with Crippen LogP contribution in [0, 0.1) is 0 Å². The second-order valence-corrected chi connectivity index (χ2v) is 6.23. The van der Waals surface area contributed by atoms with Crippen LogP contribution in [0.2, 0.25) is 0 Å². The SMILES string of the molecule is CCCC/C=C/S(=O)(=O)N(C)Cc1ccccc1. The molecule has 18 heavy (non-hydrogen) atoms. The van der Waals surface area contributed by atoms with E-state index < -0.39 is 10.0 Å². The van der Waals surface area contributed by atoms with Crippen LogP contribution < -0.4 is 0 Å². The molecule has 1 rings (SSSR count). The van der Waals surface area contributed by atoms with Gasteiger partial charge in [0.15, 0.2) is 0 Å². The van der Waals surface area contributed by atoms with Crippen LogP contribution in [0.4, 0.5) is 0 Å². The fourth-order valence-corrected chi connectivity index (χ4v) is 2.46. The zero-order chi connectivity index (χ0) is 13.4. The van der Waals surface area contributed by atoms with Crippen molar-refractivity contribution in [1.29, 1.82) is 0 Å². The van der Waals surface area contributed by atoms with E-state index in [1.54, 1.807) is 13.1 Å². The van der Waals surface area contributed by atoms with E-state index >= 15 is 0 Å². The highest BCUT2D eigenvalue weighted by Crippen LogP contribution is 2.09. The monoisotopic (exact) mass is 267 g/mol. The molecule has 4 heteroatoms. The quantitative estimate of drug-likeness (QED) is 0.712. The molecule has 0 atom stereocenters. The highest BCUT2D eigenvalue weighted by Gasteiger charge is 2.13. The third-order valence-corrected chi connectivity index (χ3v) is 4.21. The van der Waals surface area contributed by atoms with E-state index in [0.29, 0.717) is 6.54 Å². The molecule has 0 radical (unpaired) electrons. The van der Waals surface area contributed by atoms with Gasteiger partial charge in [0.05, 0.1) is 0 Å². The van der Waals surface area contributed by atoms with Crippen molar-refractivity contribution in [2.45, 2.75) is 32.7 Å². The lowest BCUT2D eigenvalue weighted by Crippen LogP contribution is -2.24. The van der Waals surface area contributed by atoms with E-state index in [9.17, 15) is 8.42 Å². The fourth-order valence-electron chi connectivity index (χ4n) is 1.55. The molecule has 0 saturated carbocycles. The number of nitrogens with zero attached hydrogens (tertiary/aromatic N) is 1. The van der Waals surface area contributed by atoms with Gasteiger partial charge in [0.1, 0.15) is 0 Å². The van der Waals surface area contributed by atoms with E-state index in [2.05, 4.69) is 6.92 Å². The number of hydrogen-bond donors (Lipinski definition) is 0. The summed E-state index contributed by atoms with van der Waals surface area (Å²) in [6, 6.07) is 9.59. The van der Waals surface area contributed by atoms with E-state index in [4.69, 9.17) is 0 Å².